The minimum absolute atomic E-state index is 0.139. The Kier molecular flexibility index (Phi) is 7.23. The van der Waals surface area contributed by atoms with E-state index in [4.69, 9.17) is 9.47 Å². The van der Waals surface area contributed by atoms with Crippen molar-refractivity contribution in [2.75, 3.05) is 27.3 Å². The van der Waals surface area contributed by atoms with Gasteiger partial charge in [-0.15, -0.1) is 0 Å². The summed E-state index contributed by atoms with van der Waals surface area (Å²) in [5.41, 5.74) is 1.79. The zero-order valence-electron chi connectivity index (χ0n) is 18.4. The first-order valence-corrected chi connectivity index (χ1v) is 11.8. The Bertz CT molecular complexity index is 1020. The van der Waals surface area contributed by atoms with Gasteiger partial charge in [0.2, 0.25) is 15.9 Å². The Morgan fingerprint density at radius 3 is 2.48 bits per heavy atom. The number of piperidine rings is 1. The number of aryl methyl sites for hydroxylation is 1. The zero-order valence-corrected chi connectivity index (χ0v) is 19.2. The lowest BCUT2D eigenvalue weighted by molar-refractivity contribution is -0.126. The normalized spacial score (nSPS) is 18.3. The molecule has 1 aliphatic heterocycles. The summed E-state index contributed by atoms with van der Waals surface area (Å²) in [4.78, 5) is 13.1. The van der Waals surface area contributed by atoms with E-state index in [2.05, 4.69) is 5.32 Å². The molecule has 7 nitrogen and oxygen atoms in total. The van der Waals surface area contributed by atoms with Gasteiger partial charge in [0.25, 0.3) is 0 Å². The highest BCUT2D eigenvalue weighted by Gasteiger charge is 2.35. The highest BCUT2D eigenvalue weighted by Crippen LogP contribution is 2.31. The Morgan fingerprint density at radius 2 is 1.84 bits per heavy atom. The molecule has 0 aliphatic carbocycles. The van der Waals surface area contributed by atoms with Crippen LogP contribution in [0.15, 0.2) is 47.4 Å². The van der Waals surface area contributed by atoms with Crippen LogP contribution in [0.4, 0.5) is 0 Å². The summed E-state index contributed by atoms with van der Waals surface area (Å²) in [6.45, 7) is 4.29. The van der Waals surface area contributed by atoms with Crippen LogP contribution in [0.5, 0.6) is 11.5 Å². The number of nitrogens with zero attached hydrogens (tertiary/aromatic N) is 1. The fourth-order valence-electron chi connectivity index (χ4n) is 3.81. The number of sulfonamides is 1. The molecule has 2 aromatic rings. The molecule has 8 heteroatoms. The highest BCUT2D eigenvalue weighted by atomic mass is 32.2. The van der Waals surface area contributed by atoms with E-state index in [0.717, 1.165) is 16.9 Å². The van der Waals surface area contributed by atoms with Crippen LogP contribution in [0.1, 0.15) is 36.9 Å². The van der Waals surface area contributed by atoms with Crippen LogP contribution in [0.3, 0.4) is 0 Å². The van der Waals surface area contributed by atoms with Gasteiger partial charge in [0.05, 0.1) is 26.2 Å². The van der Waals surface area contributed by atoms with Gasteiger partial charge in [0, 0.05) is 13.1 Å². The van der Waals surface area contributed by atoms with E-state index in [1.165, 1.54) is 11.4 Å². The molecule has 0 spiro atoms. The fraction of sp³-hybridized carbons (Fsp3) is 0.435. The number of benzene rings is 2. The van der Waals surface area contributed by atoms with Gasteiger partial charge in [-0.3, -0.25) is 4.79 Å². The maximum Gasteiger partial charge on any atom is 0.246 e. The lowest BCUT2D eigenvalue weighted by atomic mass is 9.98. The first-order valence-electron chi connectivity index (χ1n) is 10.4. The number of ether oxygens (including phenoxy) is 2. The van der Waals surface area contributed by atoms with Crippen molar-refractivity contribution in [3.63, 3.8) is 0 Å². The molecule has 31 heavy (non-hydrogen) atoms. The van der Waals surface area contributed by atoms with E-state index >= 15 is 0 Å². The molecule has 0 radical (unpaired) electrons. The topological polar surface area (TPSA) is 84.9 Å². The van der Waals surface area contributed by atoms with Crippen molar-refractivity contribution in [3.05, 3.63) is 53.6 Å². The van der Waals surface area contributed by atoms with E-state index in [1.807, 2.05) is 44.2 Å². The van der Waals surface area contributed by atoms with Gasteiger partial charge >= 0.3 is 0 Å². The Balaban J connectivity index is 1.72. The third-order valence-corrected chi connectivity index (χ3v) is 7.55. The monoisotopic (exact) mass is 446 g/mol. The van der Waals surface area contributed by atoms with E-state index in [0.29, 0.717) is 25.1 Å². The molecular formula is C23H30N2O5S. The molecule has 1 heterocycles. The quantitative estimate of drug-likeness (QED) is 0.706. The molecule has 3 rings (SSSR count). The number of amides is 1. The van der Waals surface area contributed by atoms with Crippen molar-refractivity contribution in [2.24, 2.45) is 5.92 Å². The number of hydrogen-bond acceptors (Lipinski definition) is 5. The second kappa shape index (κ2) is 9.70. The molecule has 0 bridgehead atoms. The molecule has 0 unspecified atom stereocenters. The largest absolute Gasteiger partial charge is 0.497 e. The summed E-state index contributed by atoms with van der Waals surface area (Å²) in [7, 11) is -0.706. The van der Waals surface area contributed by atoms with Gasteiger partial charge in [-0.05, 0) is 62.1 Å². The van der Waals surface area contributed by atoms with Crippen LogP contribution in [-0.4, -0.2) is 45.9 Å². The van der Waals surface area contributed by atoms with Crippen LogP contribution in [-0.2, 0) is 14.8 Å². The number of rotatable bonds is 7. The minimum Gasteiger partial charge on any atom is -0.497 e. The zero-order chi connectivity index (χ0) is 22.6. The van der Waals surface area contributed by atoms with E-state index in [1.54, 1.807) is 19.2 Å². The van der Waals surface area contributed by atoms with Gasteiger partial charge in [0.1, 0.15) is 16.4 Å². The summed E-state index contributed by atoms with van der Waals surface area (Å²) in [5, 5.41) is 3.02. The number of nitrogens with one attached hydrogen (secondary N) is 1. The van der Waals surface area contributed by atoms with Crippen molar-refractivity contribution in [1.82, 2.24) is 9.62 Å². The van der Waals surface area contributed by atoms with Gasteiger partial charge in [-0.2, -0.15) is 4.31 Å². The number of carbonyl (C=O) groups excluding carboxylic acids is 1. The average molecular weight is 447 g/mol. The van der Waals surface area contributed by atoms with Crippen molar-refractivity contribution in [2.45, 2.75) is 37.6 Å². The predicted molar refractivity (Wildman–Crippen MR) is 119 cm³/mol. The molecule has 168 valence electrons. The molecule has 0 saturated carbocycles. The third-order valence-electron chi connectivity index (χ3n) is 5.67. The van der Waals surface area contributed by atoms with Gasteiger partial charge in [-0.1, -0.05) is 18.2 Å². The Hall–Kier alpha value is -2.58. The molecule has 2 aromatic carbocycles. The maximum absolute atomic E-state index is 13.3. The standard InChI is InChI=1S/C23H30N2O5S/c1-16-7-12-21(30-4)22(14-16)31(27,28)25-13-5-6-19(15-25)23(26)24-17(2)18-8-10-20(29-3)11-9-18/h7-12,14,17,19H,5-6,13,15H2,1-4H3,(H,24,26)/t17-,19-/m0/s1. The van der Waals surface area contributed by atoms with Crippen LogP contribution in [0.25, 0.3) is 0 Å². The smallest absolute Gasteiger partial charge is 0.246 e. The SMILES string of the molecule is COc1ccc([C@H](C)NC(=O)[C@H]2CCCN(S(=O)(=O)c3cc(C)ccc3OC)C2)cc1. The van der Waals surface area contributed by atoms with Gasteiger partial charge in [0.15, 0.2) is 0 Å². The predicted octanol–water partition coefficient (Wildman–Crippen LogP) is 3.29. The molecule has 1 fully saturated rings. The lowest BCUT2D eigenvalue weighted by Gasteiger charge is -2.32. The number of methoxy groups -OCH3 is 2. The second-order valence-electron chi connectivity index (χ2n) is 7.86. The van der Waals surface area contributed by atoms with Crippen molar-refractivity contribution >= 4 is 15.9 Å². The van der Waals surface area contributed by atoms with Crippen LogP contribution < -0.4 is 14.8 Å². The Labute approximate surface area is 184 Å². The van der Waals surface area contributed by atoms with E-state index in [9.17, 15) is 13.2 Å². The summed E-state index contributed by atoms with van der Waals surface area (Å²) < 4.78 is 38.4. The first kappa shape index (κ1) is 23.1. The second-order valence-corrected chi connectivity index (χ2v) is 9.77. The summed E-state index contributed by atoms with van der Waals surface area (Å²) in [6, 6.07) is 12.4. The summed E-state index contributed by atoms with van der Waals surface area (Å²) >= 11 is 0. The van der Waals surface area contributed by atoms with E-state index in [-0.39, 0.29) is 23.4 Å². The molecule has 1 N–H and O–H groups in total. The molecule has 1 amide bonds. The Morgan fingerprint density at radius 1 is 1.13 bits per heavy atom. The lowest BCUT2D eigenvalue weighted by Crippen LogP contribution is -2.45. The molecule has 2 atom stereocenters. The fourth-order valence-corrected chi connectivity index (χ4v) is 5.57. The average Bonchev–Trinajstić information content (AvgIpc) is 2.79. The maximum atomic E-state index is 13.3. The summed E-state index contributed by atoms with van der Waals surface area (Å²) in [6.07, 6.45) is 1.28. The highest BCUT2D eigenvalue weighted by molar-refractivity contribution is 7.89. The third kappa shape index (κ3) is 5.19. The molecule has 0 aromatic heterocycles. The van der Waals surface area contributed by atoms with Crippen molar-refractivity contribution in [3.8, 4) is 11.5 Å². The van der Waals surface area contributed by atoms with Crippen LogP contribution >= 0.6 is 0 Å². The van der Waals surface area contributed by atoms with Gasteiger partial charge < -0.3 is 14.8 Å². The molecular weight excluding hydrogens is 416 g/mol. The van der Waals surface area contributed by atoms with Crippen LogP contribution in [0.2, 0.25) is 0 Å². The number of hydrogen-bond donors (Lipinski definition) is 1. The van der Waals surface area contributed by atoms with Crippen LogP contribution in [0, 0.1) is 12.8 Å². The van der Waals surface area contributed by atoms with Crippen molar-refractivity contribution < 1.29 is 22.7 Å². The first-order chi connectivity index (χ1) is 14.8. The van der Waals surface area contributed by atoms with Gasteiger partial charge in [-0.25, -0.2) is 8.42 Å². The van der Waals surface area contributed by atoms with E-state index < -0.39 is 15.9 Å². The molecule has 1 aliphatic rings. The minimum atomic E-state index is -3.77. The molecule has 1 saturated heterocycles. The number of carbonyl (C=O) groups is 1. The summed E-state index contributed by atoms with van der Waals surface area (Å²) in [5.74, 6) is 0.520. The van der Waals surface area contributed by atoms with Crippen molar-refractivity contribution in [1.29, 1.82) is 0 Å².